The lowest BCUT2D eigenvalue weighted by atomic mass is 9.85. The van der Waals surface area contributed by atoms with Crippen molar-refractivity contribution >= 4 is 6.09 Å². The van der Waals surface area contributed by atoms with Crippen LogP contribution in [-0.4, -0.2) is 34.8 Å². The molecule has 2 aliphatic heterocycles. The van der Waals surface area contributed by atoms with Crippen LogP contribution in [0, 0.1) is 0 Å². The summed E-state index contributed by atoms with van der Waals surface area (Å²) in [7, 11) is 0. The number of likely N-dealkylation sites (tertiary alicyclic amines) is 1. The molecule has 3 rings (SSSR count). The van der Waals surface area contributed by atoms with Crippen molar-refractivity contribution in [3.63, 3.8) is 0 Å². The number of hydrogen-bond acceptors (Lipinski definition) is 3. The van der Waals surface area contributed by atoms with Crippen molar-refractivity contribution in [1.29, 1.82) is 0 Å². The molecule has 1 aromatic rings. The summed E-state index contributed by atoms with van der Waals surface area (Å²) in [6.45, 7) is 10.7. The fourth-order valence-electron chi connectivity index (χ4n) is 3.82. The van der Waals surface area contributed by atoms with Crippen molar-refractivity contribution in [2.75, 3.05) is 6.54 Å². The Morgan fingerprint density at radius 3 is 2.71 bits per heavy atom. The van der Waals surface area contributed by atoms with Gasteiger partial charge in [-0.05, 0) is 58.6 Å². The van der Waals surface area contributed by atoms with E-state index in [1.807, 2.05) is 25.7 Å². The highest BCUT2D eigenvalue weighted by molar-refractivity contribution is 5.69. The first-order valence-electron chi connectivity index (χ1n) is 8.91. The van der Waals surface area contributed by atoms with E-state index in [1.54, 1.807) is 0 Å². The highest BCUT2D eigenvalue weighted by atomic mass is 16.6. The predicted octanol–water partition coefficient (Wildman–Crippen LogP) is 4.48. The summed E-state index contributed by atoms with van der Waals surface area (Å²) in [6, 6.07) is 8.50. The maximum absolute atomic E-state index is 12.6. The summed E-state index contributed by atoms with van der Waals surface area (Å²) in [4.78, 5) is 14.5. The first-order valence-corrected chi connectivity index (χ1v) is 8.91. The number of hydrogen-bond donors (Lipinski definition) is 0. The SMILES string of the molecule is CC(C)(C)OC(=O)N1CCC[C@H]1C1OC(C)(C)Cc2ccccc21. The Bertz CT molecular complexity index is 618. The minimum atomic E-state index is -0.477. The Labute approximate surface area is 145 Å². The molecule has 4 heteroatoms. The third kappa shape index (κ3) is 3.59. The number of ether oxygens (including phenoxy) is 2. The standard InChI is InChI=1S/C20H29NO3/c1-19(2,3)24-18(22)21-12-8-11-16(21)17-15-10-7-6-9-14(15)13-20(4,5)23-17/h6-7,9-10,16-17H,8,11-13H2,1-5H3/t16-,17?/m0/s1. The molecule has 4 nitrogen and oxygen atoms in total. The van der Waals surface area contributed by atoms with Crippen LogP contribution in [0.5, 0.6) is 0 Å². The molecule has 0 aromatic heterocycles. The second-order valence-corrected chi connectivity index (χ2v) is 8.56. The van der Waals surface area contributed by atoms with Crippen LogP contribution in [0.4, 0.5) is 4.79 Å². The lowest BCUT2D eigenvalue weighted by Crippen LogP contribution is -2.46. The molecule has 1 unspecified atom stereocenters. The first-order chi connectivity index (χ1) is 11.2. The summed E-state index contributed by atoms with van der Waals surface area (Å²) in [5.41, 5.74) is 1.85. The third-order valence-corrected chi connectivity index (χ3v) is 4.70. The minimum absolute atomic E-state index is 0.0422. The topological polar surface area (TPSA) is 38.8 Å². The van der Waals surface area contributed by atoms with Gasteiger partial charge in [0.2, 0.25) is 0 Å². The summed E-state index contributed by atoms with van der Waals surface area (Å²) in [5, 5.41) is 0. The van der Waals surface area contributed by atoms with Gasteiger partial charge in [-0.1, -0.05) is 24.3 Å². The highest BCUT2D eigenvalue weighted by Gasteiger charge is 2.43. The van der Waals surface area contributed by atoms with E-state index in [0.29, 0.717) is 0 Å². The number of benzene rings is 1. The molecule has 1 fully saturated rings. The summed E-state index contributed by atoms with van der Waals surface area (Å²) in [6.07, 6.45) is 2.54. The maximum Gasteiger partial charge on any atom is 0.410 e. The van der Waals surface area contributed by atoms with Gasteiger partial charge in [-0.3, -0.25) is 0 Å². The Balaban J connectivity index is 1.88. The fourth-order valence-corrected chi connectivity index (χ4v) is 3.82. The fraction of sp³-hybridized carbons (Fsp3) is 0.650. The van der Waals surface area contributed by atoms with Crippen LogP contribution in [0.2, 0.25) is 0 Å². The van der Waals surface area contributed by atoms with Crippen LogP contribution in [0.25, 0.3) is 0 Å². The Morgan fingerprint density at radius 2 is 2.00 bits per heavy atom. The molecule has 2 heterocycles. The van der Waals surface area contributed by atoms with E-state index in [2.05, 4.69) is 38.1 Å². The number of carbonyl (C=O) groups excluding carboxylic acids is 1. The quantitative estimate of drug-likeness (QED) is 0.761. The van der Waals surface area contributed by atoms with E-state index in [9.17, 15) is 4.79 Å². The summed E-state index contributed by atoms with van der Waals surface area (Å²) < 4.78 is 12.1. The van der Waals surface area contributed by atoms with E-state index in [4.69, 9.17) is 9.47 Å². The van der Waals surface area contributed by atoms with Gasteiger partial charge in [0.25, 0.3) is 0 Å². The monoisotopic (exact) mass is 331 g/mol. The van der Waals surface area contributed by atoms with Crippen LogP contribution in [0.15, 0.2) is 24.3 Å². The molecule has 0 bridgehead atoms. The van der Waals surface area contributed by atoms with Crippen molar-refractivity contribution in [2.45, 2.75) is 77.2 Å². The van der Waals surface area contributed by atoms with Crippen LogP contribution in [0.1, 0.15) is 64.7 Å². The highest BCUT2D eigenvalue weighted by Crippen LogP contribution is 2.42. The Morgan fingerprint density at radius 1 is 1.29 bits per heavy atom. The molecule has 1 aromatic carbocycles. The van der Waals surface area contributed by atoms with Gasteiger partial charge in [-0.25, -0.2) is 4.79 Å². The van der Waals surface area contributed by atoms with Gasteiger partial charge in [0.05, 0.1) is 11.6 Å². The van der Waals surface area contributed by atoms with Gasteiger partial charge in [0.1, 0.15) is 11.7 Å². The maximum atomic E-state index is 12.6. The third-order valence-electron chi connectivity index (χ3n) is 4.70. The lowest BCUT2D eigenvalue weighted by molar-refractivity contribution is -0.112. The molecule has 0 spiro atoms. The van der Waals surface area contributed by atoms with Gasteiger partial charge in [-0.15, -0.1) is 0 Å². The molecule has 0 radical (unpaired) electrons. The van der Waals surface area contributed by atoms with Gasteiger partial charge in [-0.2, -0.15) is 0 Å². The zero-order valence-corrected chi connectivity index (χ0v) is 15.5. The molecular weight excluding hydrogens is 302 g/mol. The smallest absolute Gasteiger partial charge is 0.410 e. The molecule has 0 saturated carbocycles. The Kier molecular flexibility index (Phi) is 4.37. The van der Waals surface area contributed by atoms with Gasteiger partial charge in [0, 0.05) is 13.0 Å². The van der Waals surface area contributed by atoms with Crippen molar-refractivity contribution < 1.29 is 14.3 Å². The van der Waals surface area contributed by atoms with E-state index in [0.717, 1.165) is 25.8 Å². The number of fused-ring (bicyclic) bond motifs is 1. The molecule has 0 aliphatic carbocycles. The molecule has 2 aliphatic rings. The van der Waals surface area contributed by atoms with Gasteiger partial charge >= 0.3 is 6.09 Å². The van der Waals surface area contributed by atoms with Crippen molar-refractivity contribution in [3.05, 3.63) is 35.4 Å². The normalized spacial score (nSPS) is 26.1. The number of rotatable bonds is 1. The van der Waals surface area contributed by atoms with Crippen molar-refractivity contribution in [1.82, 2.24) is 4.90 Å². The summed E-state index contributed by atoms with van der Waals surface area (Å²) >= 11 is 0. The van der Waals surface area contributed by atoms with E-state index < -0.39 is 5.60 Å². The zero-order chi connectivity index (χ0) is 17.5. The molecule has 24 heavy (non-hydrogen) atoms. The first kappa shape index (κ1) is 17.3. The molecule has 2 atom stereocenters. The molecule has 132 valence electrons. The minimum Gasteiger partial charge on any atom is -0.444 e. The second-order valence-electron chi connectivity index (χ2n) is 8.56. The Hall–Kier alpha value is -1.55. The van der Waals surface area contributed by atoms with E-state index >= 15 is 0 Å². The van der Waals surface area contributed by atoms with Crippen molar-refractivity contribution in [2.24, 2.45) is 0 Å². The molecule has 0 N–H and O–H groups in total. The van der Waals surface area contributed by atoms with Crippen LogP contribution < -0.4 is 0 Å². The zero-order valence-electron chi connectivity index (χ0n) is 15.5. The van der Waals surface area contributed by atoms with Crippen molar-refractivity contribution in [3.8, 4) is 0 Å². The average Bonchev–Trinajstić information content (AvgIpc) is 2.93. The largest absolute Gasteiger partial charge is 0.444 e. The number of carbonyl (C=O) groups is 1. The lowest BCUT2D eigenvalue weighted by Gasteiger charge is -2.42. The predicted molar refractivity (Wildman–Crippen MR) is 94.0 cm³/mol. The van der Waals surface area contributed by atoms with Gasteiger partial charge in [0.15, 0.2) is 0 Å². The summed E-state index contributed by atoms with van der Waals surface area (Å²) in [5.74, 6) is 0. The second kappa shape index (κ2) is 6.07. The molecule has 1 amide bonds. The molecular formula is C20H29NO3. The van der Waals surface area contributed by atoms with Crippen LogP contribution in [0.3, 0.4) is 0 Å². The molecule has 1 saturated heterocycles. The average molecular weight is 331 g/mol. The van der Waals surface area contributed by atoms with Gasteiger partial charge < -0.3 is 14.4 Å². The van der Waals surface area contributed by atoms with E-state index in [1.165, 1.54) is 11.1 Å². The van der Waals surface area contributed by atoms with Crippen LogP contribution in [-0.2, 0) is 15.9 Å². The number of amides is 1. The van der Waals surface area contributed by atoms with Crippen LogP contribution >= 0.6 is 0 Å². The van der Waals surface area contributed by atoms with E-state index in [-0.39, 0.29) is 23.8 Å². The number of nitrogens with zero attached hydrogens (tertiary/aromatic N) is 1.